The number of hydrogen-bond acceptors (Lipinski definition) is 4. The molecule has 0 radical (unpaired) electrons. The first-order valence-electron chi connectivity index (χ1n) is 6.11. The van der Waals surface area contributed by atoms with Crippen molar-refractivity contribution in [1.82, 2.24) is 4.98 Å². The Morgan fingerprint density at radius 2 is 1.91 bits per heavy atom. The molecule has 0 unspecified atom stereocenters. The number of carbonyl (C=O) groups is 1. The zero-order valence-corrected chi connectivity index (χ0v) is 15.7. The minimum Gasteiger partial charge on any atom is -0.298 e. The number of nitrogens with zero attached hydrogens (tertiary/aromatic N) is 1. The quantitative estimate of drug-likeness (QED) is 0.506. The highest BCUT2D eigenvalue weighted by atomic mass is 35.5. The fraction of sp³-hybridized carbons (Fsp3) is 0. The van der Waals surface area contributed by atoms with E-state index in [1.807, 2.05) is 0 Å². The normalized spacial score (nSPS) is 10.8. The van der Waals surface area contributed by atoms with Gasteiger partial charge in [0.1, 0.15) is 4.34 Å². The third-order valence-electron chi connectivity index (χ3n) is 2.83. The van der Waals surface area contributed by atoms with Crippen molar-refractivity contribution in [2.45, 2.75) is 0 Å². The first kappa shape index (κ1) is 17.0. The summed E-state index contributed by atoms with van der Waals surface area (Å²) in [5.74, 6) is -0.360. The van der Waals surface area contributed by atoms with Crippen molar-refractivity contribution >= 4 is 80.1 Å². The molecular weight excluding hydrogens is 418 g/mol. The Kier molecular flexibility index (Phi) is 5.16. The van der Waals surface area contributed by atoms with Gasteiger partial charge in [-0.3, -0.25) is 10.1 Å². The van der Waals surface area contributed by atoms with Crippen LogP contribution in [0.4, 0.5) is 5.13 Å². The molecular formula is C14H6Cl4N2OS2. The summed E-state index contributed by atoms with van der Waals surface area (Å²) in [6, 6.07) is 6.67. The molecule has 0 saturated carbocycles. The Morgan fingerprint density at radius 3 is 2.57 bits per heavy atom. The third kappa shape index (κ3) is 3.82. The number of benzene rings is 1. The molecule has 118 valence electrons. The number of rotatable bonds is 3. The number of nitrogens with one attached hydrogen (secondary N) is 1. The molecule has 0 aliphatic carbocycles. The largest absolute Gasteiger partial charge is 0.298 e. The van der Waals surface area contributed by atoms with E-state index in [1.54, 1.807) is 23.6 Å². The molecule has 23 heavy (non-hydrogen) atoms. The minimum atomic E-state index is -0.360. The van der Waals surface area contributed by atoms with Gasteiger partial charge in [0.15, 0.2) is 5.13 Å². The van der Waals surface area contributed by atoms with Crippen LogP contribution in [0.15, 0.2) is 29.6 Å². The first-order chi connectivity index (χ1) is 10.9. The van der Waals surface area contributed by atoms with Gasteiger partial charge < -0.3 is 0 Å². The van der Waals surface area contributed by atoms with Crippen LogP contribution in [0.2, 0.25) is 18.7 Å². The van der Waals surface area contributed by atoms with Crippen molar-refractivity contribution in [2.24, 2.45) is 0 Å². The van der Waals surface area contributed by atoms with E-state index in [4.69, 9.17) is 46.4 Å². The van der Waals surface area contributed by atoms with Gasteiger partial charge in [0.25, 0.3) is 5.91 Å². The van der Waals surface area contributed by atoms with Crippen molar-refractivity contribution in [3.8, 4) is 11.3 Å². The van der Waals surface area contributed by atoms with Gasteiger partial charge in [-0.25, -0.2) is 4.98 Å². The summed E-state index contributed by atoms with van der Waals surface area (Å²) in [7, 11) is 0. The fourth-order valence-corrected chi connectivity index (χ4v) is 4.48. The van der Waals surface area contributed by atoms with Gasteiger partial charge in [0, 0.05) is 16.0 Å². The summed E-state index contributed by atoms with van der Waals surface area (Å²) >= 11 is 26.3. The van der Waals surface area contributed by atoms with Crippen LogP contribution in [-0.4, -0.2) is 10.9 Å². The van der Waals surface area contributed by atoms with E-state index >= 15 is 0 Å². The highest BCUT2D eigenvalue weighted by Gasteiger charge is 2.16. The van der Waals surface area contributed by atoms with E-state index in [2.05, 4.69) is 10.3 Å². The molecule has 1 aromatic carbocycles. The van der Waals surface area contributed by atoms with Crippen LogP contribution in [0, 0.1) is 0 Å². The second kappa shape index (κ2) is 6.97. The summed E-state index contributed by atoms with van der Waals surface area (Å²) < 4.78 is 0.790. The number of halogens is 4. The van der Waals surface area contributed by atoms with E-state index in [0.717, 1.165) is 16.9 Å². The van der Waals surface area contributed by atoms with E-state index in [1.165, 1.54) is 17.4 Å². The second-order valence-corrected chi connectivity index (χ2v) is 8.34. The lowest BCUT2D eigenvalue weighted by atomic mass is 10.2. The number of thiophene rings is 1. The van der Waals surface area contributed by atoms with Crippen LogP contribution in [0.3, 0.4) is 0 Å². The van der Waals surface area contributed by atoms with Gasteiger partial charge in [-0.15, -0.1) is 22.7 Å². The Morgan fingerprint density at radius 1 is 1.13 bits per heavy atom. The molecule has 2 heterocycles. The number of hydrogen-bond donors (Lipinski definition) is 1. The molecule has 0 saturated heterocycles. The molecule has 0 spiro atoms. The SMILES string of the molecule is O=C(Nc1nc(-c2ccc(Cl)cc2Cl)cs1)c1cc(Cl)sc1Cl. The van der Waals surface area contributed by atoms with Crippen molar-refractivity contribution < 1.29 is 4.79 Å². The lowest BCUT2D eigenvalue weighted by molar-refractivity contribution is 0.102. The summed E-state index contributed by atoms with van der Waals surface area (Å²) in [6.45, 7) is 0. The number of anilines is 1. The maximum atomic E-state index is 12.2. The van der Waals surface area contributed by atoms with Gasteiger partial charge in [0.2, 0.25) is 0 Å². The fourth-order valence-electron chi connectivity index (χ4n) is 1.81. The van der Waals surface area contributed by atoms with Crippen LogP contribution in [0.5, 0.6) is 0 Å². The maximum Gasteiger partial charge on any atom is 0.259 e. The molecule has 1 amide bonds. The van der Waals surface area contributed by atoms with Crippen LogP contribution in [-0.2, 0) is 0 Å². The molecule has 3 rings (SSSR count). The van der Waals surface area contributed by atoms with Gasteiger partial charge in [-0.05, 0) is 24.3 Å². The number of thiazole rings is 1. The Hall–Kier alpha value is -0.820. The molecule has 0 bridgehead atoms. The second-order valence-electron chi connectivity index (χ2n) is 4.35. The molecule has 3 aromatic rings. The molecule has 2 aromatic heterocycles. The van der Waals surface area contributed by atoms with Crippen molar-refractivity contribution in [3.05, 3.63) is 53.9 Å². The number of carbonyl (C=O) groups excluding carboxylic acids is 1. The molecule has 0 atom stereocenters. The Bertz CT molecular complexity index is 891. The summed E-state index contributed by atoms with van der Waals surface area (Å²) in [6.07, 6.45) is 0. The van der Waals surface area contributed by atoms with Crippen LogP contribution in [0.25, 0.3) is 11.3 Å². The lowest BCUT2D eigenvalue weighted by Gasteiger charge is -2.01. The van der Waals surface area contributed by atoms with E-state index in [9.17, 15) is 4.79 Å². The van der Waals surface area contributed by atoms with Gasteiger partial charge in [-0.2, -0.15) is 0 Å². The molecule has 3 nitrogen and oxygen atoms in total. The van der Waals surface area contributed by atoms with E-state index < -0.39 is 0 Å². The molecule has 0 aliphatic rings. The Balaban J connectivity index is 1.82. The van der Waals surface area contributed by atoms with Gasteiger partial charge in [-0.1, -0.05) is 46.4 Å². The highest BCUT2D eigenvalue weighted by Crippen LogP contribution is 2.34. The number of aromatic nitrogens is 1. The topological polar surface area (TPSA) is 42.0 Å². The van der Waals surface area contributed by atoms with Crippen molar-refractivity contribution in [3.63, 3.8) is 0 Å². The predicted molar refractivity (Wildman–Crippen MR) is 99.9 cm³/mol. The summed E-state index contributed by atoms with van der Waals surface area (Å²) in [4.78, 5) is 16.5. The third-order valence-corrected chi connectivity index (χ3v) is 5.63. The molecule has 1 N–H and O–H groups in total. The molecule has 9 heteroatoms. The predicted octanol–water partition coefficient (Wildman–Crippen LogP) is 6.74. The zero-order chi connectivity index (χ0) is 16.6. The van der Waals surface area contributed by atoms with Crippen LogP contribution < -0.4 is 5.32 Å². The average molecular weight is 424 g/mol. The minimum absolute atomic E-state index is 0.322. The average Bonchev–Trinajstić information content (AvgIpc) is 3.05. The maximum absolute atomic E-state index is 12.2. The van der Waals surface area contributed by atoms with E-state index in [-0.39, 0.29) is 5.91 Å². The first-order valence-corrected chi connectivity index (χ1v) is 9.32. The zero-order valence-electron chi connectivity index (χ0n) is 11.1. The van der Waals surface area contributed by atoms with E-state index in [0.29, 0.717) is 35.1 Å². The monoisotopic (exact) mass is 422 g/mol. The van der Waals surface area contributed by atoms with Crippen LogP contribution in [0.1, 0.15) is 10.4 Å². The lowest BCUT2D eigenvalue weighted by Crippen LogP contribution is -2.11. The van der Waals surface area contributed by atoms with Crippen LogP contribution >= 0.6 is 69.1 Å². The standard InChI is InChI=1S/C14H6Cl4N2OS2/c15-6-1-2-7(9(16)3-6)10-5-22-14(19-10)20-13(21)8-4-11(17)23-12(8)18/h1-5H,(H,19,20,21). The smallest absolute Gasteiger partial charge is 0.259 e. The van der Waals surface area contributed by atoms with Gasteiger partial charge in [0.05, 0.1) is 20.6 Å². The van der Waals surface area contributed by atoms with Crippen molar-refractivity contribution in [2.75, 3.05) is 5.32 Å². The summed E-state index contributed by atoms with van der Waals surface area (Å²) in [5, 5.41) is 5.98. The van der Waals surface area contributed by atoms with Crippen molar-refractivity contribution in [1.29, 1.82) is 0 Å². The summed E-state index contributed by atoms with van der Waals surface area (Å²) in [5.41, 5.74) is 1.72. The highest BCUT2D eigenvalue weighted by molar-refractivity contribution is 7.20. The van der Waals surface area contributed by atoms with Gasteiger partial charge >= 0.3 is 0 Å². The molecule has 0 fully saturated rings. The Labute approximate surface area is 159 Å². The molecule has 0 aliphatic heterocycles. The number of amides is 1.